The number of benzene rings is 1. The number of halogens is 1. The van der Waals surface area contributed by atoms with E-state index in [1.807, 2.05) is 36.7 Å². The Labute approximate surface area is 169 Å². The number of anilines is 1. The maximum absolute atomic E-state index is 12.2. The van der Waals surface area contributed by atoms with Crippen LogP contribution >= 0.6 is 11.6 Å². The fourth-order valence-corrected chi connectivity index (χ4v) is 4.96. The van der Waals surface area contributed by atoms with Gasteiger partial charge in [-0.3, -0.25) is 14.7 Å². The van der Waals surface area contributed by atoms with E-state index in [1.165, 1.54) is 0 Å². The maximum atomic E-state index is 12.2. The molecule has 4 heterocycles. The van der Waals surface area contributed by atoms with Gasteiger partial charge in [-0.15, -0.1) is 0 Å². The number of carbonyl (C=O) groups excluding carboxylic acids is 1. The van der Waals surface area contributed by atoms with Crippen molar-refractivity contribution < 1.29 is 4.79 Å². The largest absolute Gasteiger partial charge is 0.355 e. The highest BCUT2D eigenvalue weighted by atomic mass is 35.5. The molecule has 0 saturated carbocycles. The van der Waals surface area contributed by atoms with Crippen LogP contribution in [-0.2, 0) is 4.79 Å². The van der Waals surface area contributed by atoms with Gasteiger partial charge < -0.3 is 10.2 Å². The lowest BCUT2D eigenvalue weighted by Gasteiger charge is -2.31. The molecule has 2 aromatic rings. The molecule has 3 unspecified atom stereocenters. The summed E-state index contributed by atoms with van der Waals surface area (Å²) in [5.41, 5.74) is 1.87. The quantitative estimate of drug-likeness (QED) is 0.862. The minimum atomic E-state index is 0.0752. The summed E-state index contributed by atoms with van der Waals surface area (Å²) in [6.07, 6.45) is 5.79. The predicted octanol–water partition coefficient (Wildman–Crippen LogP) is 2.44. The van der Waals surface area contributed by atoms with E-state index in [1.54, 1.807) is 0 Å². The molecule has 0 aliphatic carbocycles. The molecule has 3 aliphatic rings. The van der Waals surface area contributed by atoms with Gasteiger partial charge >= 0.3 is 0 Å². The van der Waals surface area contributed by atoms with E-state index in [9.17, 15) is 4.79 Å². The fraction of sp³-hybridized carbons (Fsp3) is 0.476. The van der Waals surface area contributed by atoms with Crippen molar-refractivity contribution in [3.63, 3.8) is 0 Å². The van der Waals surface area contributed by atoms with Gasteiger partial charge in [0.1, 0.15) is 5.82 Å². The van der Waals surface area contributed by atoms with E-state index in [0.29, 0.717) is 11.8 Å². The molecule has 6 nitrogen and oxygen atoms in total. The Balaban J connectivity index is 1.23. The average molecular weight is 398 g/mol. The van der Waals surface area contributed by atoms with Gasteiger partial charge in [-0.25, -0.2) is 4.98 Å². The van der Waals surface area contributed by atoms with Gasteiger partial charge in [0.05, 0.1) is 24.1 Å². The second-order valence-corrected chi connectivity index (χ2v) is 8.53. The van der Waals surface area contributed by atoms with E-state index in [2.05, 4.69) is 25.1 Å². The van der Waals surface area contributed by atoms with Gasteiger partial charge in [0.15, 0.2) is 0 Å². The molecule has 3 atom stereocenters. The second kappa shape index (κ2) is 7.33. The van der Waals surface area contributed by atoms with Crippen molar-refractivity contribution in [1.82, 2.24) is 20.2 Å². The van der Waals surface area contributed by atoms with Crippen LogP contribution in [0.4, 0.5) is 5.82 Å². The van der Waals surface area contributed by atoms with Crippen LogP contribution < -0.4 is 10.2 Å². The number of piperidine rings is 1. The summed E-state index contributed by atoms with van der Waals surface area (Å²) in [5, 5.41) is 3.73. The van der Waals surface area contributed by atoms with Crippen LogP contribution in [0, 0.1) is 11.8 Å². The van der Waals surface area contributed by atoms with Crippen molar-refractivity contribution in [2.24, 2.45) is 11.8 Å². The number of hydrogen-bond acceptors (Lipinski definition) is 5. The number of fused-ring (bicyclic) bond motifs is 1. The number of aromatic nitrogens is 2. The summed E-state index contributed by atoms with van der Waals surface area (Å²) in [5.74, 6) is 2.36. The SMILES string of the molecule is O=C1NCCCC1N1CC2CN(c3cnc(-c4ccc(Cl)cc4)cn3)CC2C1. The van der Waals surface area contributed by atoms with Gasteiger partial charge in [0.25, 0.3) is 0 Å². The summed E-state index contributed by atoms with van der Waals surface area (Å²) in [6.45, 7) is 4.83. The first-order valence-electron chi connectivity index (χ1n) is 10.0. The first-order chi connectivity index (χ1) is 13.7. The van der Waals surface area contributed by atoms with Crippen LogP contribution in [0.1, 0.15) is 12.8 Å². The molecule has 146 valence electrons. The molecule has 0 spiro atoms. The molecule has 0 bridgehead atoms. The summed E-state index contributed by atoms with van der Waals surface area (Å²) in [4.78, 5) is 26.2. The number of rotatable bonds is 3. The molecule has 1 N–H and O–H groups in total. The molecular formula is C21H24ClN5O. The van der Waals surface area contributed by atoms with E-state index in [4.69, 9.17) is 11.6 Å². The lowest BCUT2D eigenvalue weighted by atomic mass is 10.0. The van der Waals surface area contributed by atoms with E-state index >= 15 is 0 Å². The van der Waals surface area contributed by atoms with Gasteiger partial charge in [-0.2, -0.15) is 0 Å². The highest BCUT2D eigenvalue weighted by molar-refractivity contribution is 6.30. The molecule has 3 saturated heterocycles. The zero-order chi connectivity index (χ0) is 19.1. The lowest BCUT2D eigenvalue weighted by molar-refractivity contribution is -0.127. The van der Waals surface area contributed by atoms with Crippen LogP contribution in [0.15, 0.2) is 36.7 Å². The number of amides is 1. The molecule has 1 aromatic heterocycles. The van der Waals surface area contributed by atoms with Crippen molar-refractivity contribution in [3.8, 4) is 11.3 Å². The number of nitrogens with one attached hydrogen (secondary N) is 1. The molecule has 0 radical (unpaired) electrons. The van der Waals surface area contributed by atoms with Crippen molar-refractivity contribution >= 4 is 23.3 Å². The van der Waals surface area contributed by atoms with E-state index in [0.717, 1.165) is 67.7 Å². The van der Waals surface area contributed by atoms with Crippen molar-refractivity contribution in [3.05, 3.63) is 41.7 Å². The monoisotopic (exact) mass is 397 g/mol. The molecule has 3 fully saturated rings. The third kappa shape index (κ3) is 3.35. The van der Waals surface area contributed by atoms with Crippen LogP contribution in [-0.4, -0.2) is 59.5 Å². The zero-order valence-corrected chi connectivity index (χ0v) is 16.5. The minimum absolute atomic E-state index is 0.0752. The predicted molar refractivity (Wildman–Crippen MR) is 109 cm³/mol. The summed E-state index contributed by atoms with van der Waals surface area (Å²) in [6, 6.07) is 7.73. The van der Waals surface area contributed by atoms with Gasteiger partial charge in [0, 0.05) is 43.3 Å². The number of nitrogens with zero attached hydrogens (tertiary/aromatic N) is 4. The van der Waals surface area contributed by atoms with Gasteiger partial charge in [0.2, 0.25) is 5.91 Å². The highest BCUT2D eigenvalue weighted by Crippen LogP contribution is 2.35. The Bertz CT molecular complexity index is 842. The minimum Gasteiger partial charge on any atom is -0.355 e. The van der Waals surface area contributed by atoms with Crippen LogP contribution in [0.2, 0.25) is 5.02 Å². The maximum Gasteiger partial charge on any atom is 0.237 e. The molecule has 1 aromatic carbocycles. The van der Waals surface area contributed by atoms with Crippen molar-refractivity contribution in [1.29, 1.82) is 0 Å². The first kappa shape index (κ1) is 17.9. The molecule has 1 amide bonds. The normalized spacial score (nSPS) is 27.7. The Kier molecular flexibility index (Phi) is 4.69. The fourth-order valence-electron chi connectivity index (χ4n) is 4.83. The summed E-state index contributed by atoms with van der Waals surface area (Å²) < 4.78 is 0. The smallest absolute Gasteiger partial charge is 0.237 e. The Morgan fingerprint density at radius 3 is 2.39 bits per heavy atom. The molecule has 5 rings (SSSR count). The van der Waals surface area contributed by atoms with Crippen molar-refractivity contribution in [2.45, 2.75) is 18.9 Å². The van der Waals surface area contributed by atoms with Gasteiger partial charge in [-0.1, -0.05) is 23.7 Å². The third-order valence-corrected chi connectivity index (χ3v) is 6.57. The topological polar surface area (TPSA) is 61.4 Å². The molecule has 28 heavy (non-hydrogen) atoms. The van der Waals surface area contributed by atoms with E-state index < -0.39 is 0 Å². The first-order valence-corrected chi connectivity index (χ1v) is 10.4. The Morgan fingerprint density at radius 1 is 1.00 bits per heavy atom. The van der Waals surface area contributed by atoms with Crippen LogP contribution in [0.3, 0.4) is 0 Å². The van der Waals surface area contributed by atoms with Gasteiger partial charge in [-0.05, 0) is 36.8 Å². The Morgan fingerprint density at radius 2 is 1.75 bits per heavy atom. The molecule has 3 aliphatic heterocycles. The second-order valence-electron chi connectivity index (χ2n) is 8.09. The Hall–Kier alpha value is -2.18. The average Bonchev–Trinajstić information content (AvgIpc) is 3.28. The summed E-state index contributed by atoms with van der Waals surface area (Å²) >= 11 is 5.96. The standard InChI is InChI=1S/C21H24ClN5O/c22-17-5-3-14(4-6-17)18-8-25-20(9-24-18)27-12-15-10-26(11-16(15)13-27)19-2-1-7-23-21(19)28/h3-6,8-9,15-16,19H,1-2,7,10-13H2,(H,23,28). The number of likely N-dealkylation sites (tertiary alicyclic amines) is 1. The third-order valence-electron chi connectivity index (χ3n) is 6.31. The van der Waals surface area contributed by atoms with Crippen LogP contribution in [0.5, 0.6) is 0 Å². The van der Waals surface area contributed by atoms with E-state index in [-0.39, 0.29) is 11.9 Å². The highest BCUT2D eigenvalue weighted by Gasteiger charge is 2.44. The zero-order valence-electron chi connectivity index (χ0n) is 15.7. The lowest BCUT2D eigenvalue weighted by Crippen LogP contribution is -2.50. The molecular weight excluding hydrogens is 374 g/mol. The number of hydrogen-bond donors (Lipinski definition) is 1. The van der Waals surface area contributed by atoms with Crippen LogP contribution in [0.25, 0.3) is 11.3 Å². The molecule has 7 heteroatoms. The van der Waals surface area contributed by atoms with Crippen molar-refractivity contribution in [2.75, 3.05) is 37.6 Å². The summed E-state index contributed by atoms with van der Waals surface area (Å²) in [7, 11) is 0. The number of carbonyl (C=O) groups is 1.